The van der Waals surface area contributed by atoms with E-state index in [1.165, 1.54) is 13.8 Å². The molecule has 0 N–H and O–H groups in total. The van der Waals surface area contributed by atoms with Gasteiger partial charge in [0.25, 0.3) is 0 Å². The van der Waals surface area contributed by atoms with Gasteiger partial charge in [0.15, 0.2) is 15.6 Å². The number of ketones is 1. The molecule has 0 spiro atoms. The third-order valence-electron chi connectivity index (χ3n) is 3.16. The summed E-state index contributed by atoms with van der Waals surface area (Å²) in [4.78, 5) is 12.1. The molecule has 0 aliphatic rings. The van der Waals surface area contributed by atoms with Gasteiger partial charge in [-0.15, -0.1) is 0 Å². The summed E-state index contributed by atoms with van der Waals surface area (Å²) in [6.45, 7) is 4.75. The molecule has 0 radical (unpaired) electrons. The van der Waals surface area contributed by atoms with Crippen molar-refractivity contribution in [3.8, 4) is 0 Å². The highest BCUT2D eigenvalue weighted by Crippen LogP contribution is 2.23. The standard InChI is InChI=1S/C13H17ClO3S/c1-9-5-6-10(11(14)7-9)8-12(15)13(2,3)18(4,16)17/h5-7H,8H2,1-4H3. The molecule has 18 heavy (non-hydrogen) atoms. The average molecular weight is 289 g/mol. The minimum Gasteiger partial charge on any atom is -0.298 e. The highest BCUT2D eigenvalue weighted by Gasteiger charge is 2.37. The Morgan fingerprint density at radius 2 is 1.89 bits per heavy atom. The van der Waals surface area contributed by atoms with Gasteiger partial charge in [-0.2, -0.15) is 0 Å². The second kappa shape index (κ2) is 5.02. The lowest BCUT2D eigenvalue weighted by atomic mass is 9.99. The maximum absolute atomic E-state index is 12.1. The van der Waals surface area contributed by atoms with Gasteiger partial charge in [0.2, 0.25) is 0 Å². The monoisotopic (exact) mass is 288 g/mol. The van der Waals surface area contributed by atoms with E-state index in [9.17, 15) is 13.2 Å². The Balaban J connectivity index is 3.02. The Bertz CT molecular complexity index is 574. The van der Waals surface area contributed by atoms with E-state index in [0.717, 1.165) is 11.8 Å². The number of Topliss-reactive ketones (excluding diaryl/α,β-unsaturated/α-hetero) is 1. The molecule has 0 saturated carbocycles. The summed E-state index contributed by atoms with van der Waals surface area (Å²) in [6.07, 6.45) is 1.10. The summed E-state index contributed by atoms with van der Waals surface area (Å²) in [7, 11) is -3.44. The largest absolute Gasteiger partial charge is 0.298 e. The first kappa shape index (κ1) is 15.2. The van der Waals surface area contributed by atoms with Crippen molar-refractivity contribution in [1.29, 1.82) is 0 Å². The van der Waals surface area contributed by atoms with Crippen LogP contribution in [0.4, 0.5) is 0 Å². The van der Waals surface area contributed by atoms with E-state index in [2.05, 4.69) is 0 Å². The van der Waals surface area contributed by atoms with Gasteiger partial charge in [-0.25, -0.2) is 8.42 Å². The lowest BCUT2D eigenvalue weighted by Crippen LogP contribution is -2.40. The van der Waals surface area contributed by atoms with Crippen LogP contribution in [0.2, 0.25) is 5.02 Å². The van der Waals surface area contributed by atoms with E-state index in [-0.39, 0.29) is 12.2 Å². The number of carbonyl (C=O) groups is 1. The zero-order valence-electron chi connectivity index (χ0n) is 11.0. The predicted molar refractivity (Wildman–Crippen MR) is 73.8 cm³/mol. The third-order valence-corrected chi connectivity index (χ3v) is 5.59. The molecular formula is C13H17ClO3S. The zero-order chi connectivity index (χ0) is 14.1. The first-order valence-corrected chi connectivity index (χ1v) is 7.80. The number of hydrogen-bond donors (Lipinski definition) is 0. The van der Waals surface area contributed by atoms with E-state index in [1.807, 2.05) is 13.0 Å². The maximum atomic E-state index is 12.1. The Labute approximate surface area is 113 Å². The van der Waals surface area contributed by atoms with Crippen LogP contribution in [0.5, 0.6) is 0 Å². The van der Waals surface area contributed by atoms with Crippen molar-refractivity contribution in [2.45, 2.75) is 31.9 Å². The molecule has 1 rings (SSSR count). The van der Waals surface area contributed by atoms with E-state index in [1.54, 1.807) is 12.1 Å². The van der Waals surface area contributed by atoms with Crippen LogP contribution in [0, 0.1) is 6.92 Å². The van der Waals surface area contributed by atoms with Crippen LogP contribution in [0.1, 0.15) is 25.0 Å². The molecule has 0 saturated heterocycles. The second-order valence-corrected chi connectivity index (χ2v) is 7.95. The van der Waals surface area contributed by atoms with Crippen molar-refractivity contribution >= 4 is 27.2 Å². The number of hydrogen-bond acceptors (Lipinski definition) is 3. The van der Waals surface area contributed by atoms with Crippen molar-refractivity contribution in [1.82, 2.24) is 0 Å². The number of rotatable bonds is 4. The molecule has 0 aliphatic heterocycles. The predicted octanol–water partition coefficient (Wildman–Crippen LogP) is 2.58. The van der Waals surface area contributed by atoms with Crippen LogP contribution >= 0.6 is 11.6 Å². The van der Waals surface area contributed by atoms with Crippen LogP contribution in [-0.4, -0.2) is 25.2 Å². The van der Waals surface area contributed by atoms with E-state index < -0.39 is 14.6 Å². The topological polar surface area (TPSA) is 51.2 Å². The quantitative estimate of drug-likeness (QED) is 0.856. The molecule has 3 nitrogen and oxygen atoms in total. The fourth-order valence-electron chi connectivity index (χ4n) is 1.39. The van der Waals surface area contributed by atoms with Crippen LogP contribution in [-0.2, 0) is 21.1 Å². The fraction of sp³-hybridized carbons (Fsp3) is 0.462. The molecule has 100 valence electrons. The zero-order valence-corrected chi connectivity index (χ0v) is 12.5. The van der Waals surface area contributed by atoms with Gasteiger partial charge < -0.3 is 0 Å². The Morgan fingerprint density at radius 1 is 1.33 bits per heavy atom. The first-order valence-electron chi connectivity index (χ1n) is 5.53. The van der Waals surface area contributed by atoms with Crippen molar-refractivity contribution in [3.63, 3.8) is 0 Å². The van der Waals surface area contributed by atoms with Crippen molar-refractivity contribution in [2.24, 2.45) is 0 Å². The second-order valence-electron chi connectivity index (χ2n) is 4.98. The van der Waals surface area contributed by atoms with E-state index >= 15 is 0 Å². The highest BCUT2D eigenvalue weighted by molar-refractivity contribution is 7.92. The van der Waals surface area contributed by atoms with Crippen molar-refractivity contribution in [2.75, 3.05) is 6.26 Å². The van der Waals surface area contributed by atoms with Gasteiger partial charge in [-0.05, 0) is 38.0 Å². The smallest absolute Gasteiger partial charge is 0.159 e. The molecular weight excluding hydrogens is 272 g/mol. The molecule has 0 aromatic heterocycles. The molecule has 0 fully saturated rings. The van der Waals surface area contributed by atoms with E-state index in [4.69, 9.17) is 11.6 Å². The van der Waals surface area contributed by atoms with Crippen LogP contribution in [0.3, 0.4) is 0 Å². The summed E-state index contributed by atoms with van der Waals surface area (Å²) in [6, 6.07) is 5.37. The van der Waals surface area contributed by atoms with Gasteiger partial charge in [0, 0.05) is 17.7 Å². The summed E-state index contributed by atoms with van der Waals surface area (Å²) < 4.78 is 21.8. The third kappa shape index (κ3) is 3.12. The maximum Gasteiger partial charge on any atom is 0.159 e. The normalized spacial score (nSPS) is 12.5. The van der Waals surface area contributed by atoms with E-state index in [0.29, 0.717) is 10.6 Å². The SMILES string of the molecule is Cc1ccc(CC(=O)C(C)(C)S(C)(=O)=O)c(Cl)c1. The van der Waals surface area contributed by atoms with Gasteiger partial charge in [0.1, 0.15) is 4.75 Å². The minimum absolute atomic E-state index is 0.0270. The summed E-state index contributed by atoms with van der Waals surface area (Å²) >= 11 is 6.04. The van der Waals surface area contributed by atoms with Crippen LogP contribution < -0.4 is 0 Å². The van der Waals surface area contributed by atoms with Gasteiger partial charge in [-0.3, -0.25) is 4.79 Å². The number of halogens is 1. The Kier molecular flexibility index (Phi) is 4.23. The summed E-state index contributed by atoms with van der Waals surface area (Å²) in [5, 5.41) is 0.493. The molecule has 0 unspecified atom stereocenters. The molecule has 0 atom stereocenters. The molecule has 0 aliphatic carbocycles. The highest BCUT2D eigenvalue weighted by atomic mass is 35.5. The Hall–Kier alpha value is -0.870. The molecule has 1 aromatic rings. The van der Waals surface area contributed by atoms with Gasteiger partial charge in [-0.1, -0.05) is 23.7 Å². The van der Waals surface area contributed by atoms with Crippen LogP contribution in [0.25, 0.3) is 0 Å². The number of benzene rings is 1. The Morgan fingerprint density at radius 3 is 2.33 bits per heavy atom. The molecule has 5 heteroatoms. The van der Waals surface area contributed by atoms with Gasteiger partial charge in [0.05, 0.1) is 0 Å². The minimum atomic E-state index is -3.44. The molecule has 0 amide bonds. The average Bonchev–Trinajstić information content (AvgIpc) is 2.20. The van der Waals surface area contributed by atoms with Crippen molar-refractivity contribution < 1.29 is 13.2 Å². The summed E-state index contributed by atoms with van der Waals surface area (Å²) in [5.74, 6) is -0.351. The lowest BCUT2D eigenvalue weighted by molar-refractivity contribution is -0.120. The molecule has 1 aromatic carbocycles. The van der Waals surface area contributed by atoms with Crippen LogP contribution in [0.15, 0.2) is 18.2 Å². The first-order chi connectivity index (χ1) is 8.05. The van der Waals surface area contributed by atoms with Gasteiger partial charge >= 0.3 is 0 Å². The molecule has 0 heterocycles. The number of carbonyl (C=O) groups excluding carboxylic acids is 1. The summed E-state index contributed by atoms with van der Waals surface area (Å²) in [5.41, 5.74) is 1.66. The van der Waals surface area contributed by atoms with Crippen molar-refractivity contribution in [3.05, 3.63) is 34.3 Å². The fourth-order valence-corrected chi connectivity index (χ4v) is 2.18. The number of aryl methyl sites for hydroxylation is 1. The lowest BCUT2D eigenvalue weighted by Gasteiger charge is -2.21. The number of sulfone groups is 1. The molecule has 0 bridgehead atoms.